The summed E-state index contributed by atoms with van der Waals surface area (Å²) in [6.07, 6.45) is 1.05. The Balaban J connectivity index is 1.55. The highest BCUT2D eigenvalue weighted by atomic mass is 16.5. The van der Waals surface area contributed by atoms with E-state index in [-0.39, 0.29) is 5.91 Å². The number of carbonyl (C=O) groups is 1. The first-order valence-corrected chi connectivity index (χ1v) is 10.2. The van der Waals surface area contributed by atoms with Crippen molar-refractivity contribution in [2.24, 2.45) is 5.92 Å². The van der Waals surface area contributed by atoms with E-state index in [9.17, 15) is 4.79 Å². The molecule has 0 radical (unpaired) electrons. The topological polar surface area (TPSA) is 32.8 Å². The molecule has 2 saturated heterocycles. The highest BCUT2D eigenvalue weighted by molar-refractivity contribution is 5.74. The molecule has 4 nitrogen and oxygen atoms in total. The Kier molecular flexibility index (Phi) is 5.40. The number of piperidine rings is 1. The monoisotopic (exact) mass is 378 g/mol. The Morgan fingerprint density at radius 2 is 1.96 bits per heavy atom. The molecule has 2 aliphatic heterocycles. The molecule has 0 aromatic heterocycles. The summed E-state index contributed by atoms with van der Waals surface area (Å²) in [5.74, 6) is 2.03. The van der Waals surface area contributed by atoms with Crippen molar-refractivity contribution in [3.63, 3.8) is 0 Å². The molecular weight excluding hydrogens is 348 g/mol. The van der Waals surface area contributed by atoms with E-state index < -0.39 is 0 Å². The molecule has 4 heteroatoms. The second-order valence-corrected chi connectivity index (χ2v) is 8.30. The van der Waals surface area contributed by atoms with E-state index in [2.05, 4.69) is 59.2 Å². The highest BCUT2D eigenvalue weighted by Gasteiger charge is 2.46. The van der Waals surface area contributed by atoms with Gasteiger partial charge in [-0.15, -0.1) is 0 Å². The fourth-order valence-corrected chi connectivity index (χ4v) is 5.09. The van der Waals surface area contributed by atoms with Crippen LogP contribution in [0.2, 0.25) is 0 Å². The smallest absolute Gasteiger partial charge is 0.219 e. The van der Waals surface area contributed by atoms with Crippen LogP contribution < -0.4 is 4.74 Å². The van der Waals surface area contributed by atoms with Gasteiger partial charge in [-0.3, -0.25) is 9.69 Å². The van der Waals surface area contributed by atoms with Gasteiger partial charge in [0.1, 0.15) is 5.75 Å². The maximum absolute atomic E-state index is 12.3. The normalized spacial score (nSPS) is 24.8. The SMILES string of the molecule is COc1cccc(CN2CC[C@H]3[C@@H](C2)[C@H](c2cccc(C)c2)CN3C(C)=O)c1. The number of ether oxygens (including phenoxy) is 1. The molecule has 0 unspecified atom stereocenters. The molecule has 28 heavy (non-hydrogen) atoms. The number of methoxy groups -OCH3 is 1. The first-order valence-electron chi connectivity index (χ1n) is 10.2. The molecule has 2 fully saturated rings. The molecule has 0 N–H and O–H groups in total. The fourth-order valence-electron chi connectivity index (χ4n) is 5.09. The van der Waals surface area contributed by atoms with Crippen LogP contribution in [0.15, 0.2) is 48.5 Å². The number of fused-ring (bicyclic) bond motifs is 1. The largest absolute Gasteiger partial charge is 0.497 e. The van der Waals surface area contributed by atoms with Crippen molar-refractivity contribution < 1.29 is 9.53 Å². The molecule has 0 spiro atoms. The average Bonchev–Trinajstić information content (AvgIpc) is 3.07. The maximum Gasteiger partial charge on any atom is 0.219 e. The Labute approximate surface area is 168 Å². The van der Waals surface area contributed by atoms with Crippen LogP contribution in [0.25, 0.3) is 0 Å². The number of rotatable bonds is 4. The quantitative estimate of drug-likeness (QED) is 0.810. The van der Waals surface area contributed by atoms with Crippen LogP contribution in [0.1, 0.15) is 36.0 Å². The van der Waals surface area contributed by atoms with E-state index in [1.165, 1.54) is 16.7 Å². The molecule has 2 heterocycles. The van der Waals surface area contributed by atoms with E-state index in [4.69, 9.17) is 4.74 Å². The predicted octanol–water partition coefficient (Wildman–Crippen LogP) is 3.84. The molecule has 4 rings (SSSR count). The molecule has 2 aromatic carbocycles. The molecule has 148 valence electrons. The number of carbonyl (C=O) groups excluding carboxylic acids is 1. The molecule has 0 bridgehead atoms. The molecule has 3 atom stereocenters. The summed E-state index contributed by atoms with van der Waals surface area (Å²) in [6.45, 7) is 7.71. The minimum absolute atomic E-state index is 0.214. The maximum atomic E-state index is 12.3. The van der Waals surface area contributed by atoms with Crippen LogP contribution in [-0.4, -0.2) is 48.5 Å². The van der Waals surface area contributed by atoms with Gasteiger partial charge < -0.3 is 9.64 Å². The van der Waals surface area contributed by atoms with E-state index in [1.54, 1.807) is 14.0 Å². The van der Waals surface area contributed by atoms with Gasteiger partial charge in [-0.1, -0.05) is 42.0 Å². The Hall–Kier alpha value is -2.33. The van der Waals surface area contributed by atoms with Gasteiger partial charge in [0.05, 0.1) is 7.11 Å². The van der Waals surface area contributed by atoms with Crippen LogP contribution in [0.5, 0.6) is 5.75 Å². The van der Waals surface area contributed by atoms with E-state index in [0.29, 0.717) is 17.9 Å². The fraction of sp³-hybridized carbons (Fsp3) is 0.458. The molecule has 2 aliphatic rings. The van der Waals surface area contributed by atoms with Crippen molar-refractivity contribution in [1.29, 1.82) is 0 Å². The third-order valence-electron chi connectivity index (χ3n) is 6.43. The molecular formula is C24H30N2O2. The Bertz CT molecular complexity index is 850. The first kappa shape index (κ1) is 19.0. The molecule has 1 amide bonds. The van der Waals surface area contributed by atoms with Gasteiger partial charge in [0, 0.05) is 51.0 Å². The van der Waals surface area contributed by atoms with Gasteiger partial charge in [-0.25, -0.2) is 0 Å². The highest BCUT2D eigenvalue weighted by Crippen LogP contribution is 2.42. The van der Waals surface area contributed by atoms with E-state index in [1.807, 2.05) is 6.07 Å². The summed E-state index contributed by atoms with van der Waals surface area (Å²) in [7, 11) is 1.71. The van der Waals surface area contributed by atoms with Gasteiger partial charge in [-0.05, 0) is 36.6 Å². The second kappa shape index (κ2) is 7.96. The molecule has 0 saturated carbocycles. The van der Waals surface area contributed by atoms with Crippen molar-refractivity contribution in [3.05, 3.63) is 65.2 Å². The Morgan fingerprint density at radius 1 is 1.14 bits per heavy atom. The van der Waals surface area contributed by atoms with Gasteiger partial charge in [0.25, 0.3) is 0 Å². The summed E-state index contributed by atoms with van der Waals surface area (Å²) in [4.78, 5) is 17.0. The summed E-state index contributed by atoms with van der Waals surface area (Å²) in [5.41, 5.74) is 3.95. The van der Waals surface area contributed by atoms with Crippen molar-refractivity contribution >= 4 is 5.91 Å². The second-order valence-electron chi connectivity index (χ2n) is 8.30. The van der Waals surface area contributed by atoms with E-state index in [0.717, 1.165) is 38.3 Å². The van der Waals surface area contributed by atoms with Gasteiger partial charge in [0.15, 0.2) is 0 Å². The standard InChI is InChI=1S/C24H30N2O2/c1-17-6-4-8-20(12-17)22-16-26(18(2)27)24-10-11-25(15-23(22)24)14-19-7-5-9-21(13-19)28-3/h4-9,12-13,22-24H,10-11,14-16H2,1-3H3/t22-,23-,24-/m0/s1. The lowest BCUT2D eigenvalue weighted by Gasteiger charge is -2.39. The van der Waals surface area contributed by atoms with Crippen LogP contribution in [0, 0.1) is 12.8 Å². The number of hydrogen-bond donors (Lipinski definition) is 0. The number of amides is 1. The van der Waals surface area contributed by atoms with Gasteiger partial charge in [-0.2, -0.15) is 0 Å². The van der Waals surface area contributed by atoms with Gasteiger partial charge >= 0.3 is 0 Å². The van der Waals surface area contributed by atoms with Crippen molar-refractivity contribution in [2.75, 3.05) is 26.7 Å². The van der Waals surface area contributed by atoms with Crippen LogP contribution in [-0.2, 0) is 11.3 Å². The summed E-state index contributed by atoms with van der Waals surface area (Å²) in [6, 6.07) is 17.5. The number of hydrogen-bond acceptors (Lipinski definition) is 3. The number of aryl methyl sites for hydroxylation is 1. The minimum Gasteiger partial charge on any atom is -0.497 e. The van der Waals surface area contributed by atoms with Crippen molar-refractivity contribution in [3.8, 4) is 5.75 Å². The van der Waals surface area contributed by atoms with Crippen LogP contribution in [0.3, 0.4) is 0 Å². The number of likely N-dealkylation sites (tertiary alicyclic amines) is 2. The lowest BCUT2D eigenvalue weighted by molar-refractivity contribution is -0.130. The third-order valence-corrected chi connectivity index (χ3v) is 6.43. The lowest BCUT2D eigenvalue weighted by atomic mass is 9.81. The van der Waals surface area contributed by atoms with Gasteiger partial charge in [0.2, 0.25) is 5.91 Å². The number of benzene rings is 2. The first-order chi connectivity index (χ1) is 13.5. The predicted molar refractivity (Wildman–Crippen MR) is 111 cm³/mol. The minimum atomic E-state index is 0.214. The molecule has 0 aliphatic carbocycles. The zero-order valence-electron chi connectivity index (χ0n) is 17.1. The number of nitrogens with zero attached hydrogens (tertiary/aromatic N) is 2. The zero-order valence-corrected chi connectivity index (χ0v) is 17.1. The lowest BCUT2D eigenvalue weighted by Crippen LogP contribution is -2.47. The molecule has 2 aromatic rings. The van der Waals surface area contributed by atoms with E-state index >= 15 is 0 Å². The summed E-state index contributed by atoms with van der Waals surface area (Å²) < 4.78 is 5.38. The summed E-state index contributed by atoms with van der Waals surface area (Å²) >= 11 is 0. The van der Waals surface area contributed by atoms with Crippen molar-refractivity contribution in [2.45, 2.75) is 38.8 Å². The average molecular weight is 379 g/mol. The zero-order chi connectivity index (χ0) is 19.7. The van der Waals surface area contributed by atoms with Crippen LogP contribution >= 0.6 is 0 Å². The third kappa shape index (κ3) is 3.79. The Morgan fingerprint density at radius 3 is 2.71 bits per heavy atom. The van der Waals surface area contributed by atoms with Crippen molar-refractivity contribution in [1.82, 2.24) is 9.80 Å². The summed E-state index contributed by atoms with van der Waals surface area (Å²) in [5, 5.41) is 0. The van der Waals surface area contributed by atoms with Crippen LogP contribution in [0.4, 0.5) is 0 Å².